The molecule has 2 saturated carbocycles. The second-order valence-electron chi connectivity index (χ2n) is 15.2. The highest BCUT2D eigenvalue weighted by Gasteiger charge is 2.51. The van der Waals surface area contributed by atoms with Crippen LogP contribution in [0, 0.1) is 33.2 Å². The number of fused-ring (bicyclic) bond motifs is 1. The van der Waals surface area contributed by atoms with Crippen LogP contribution >= 0.6 is 0 Å². The zero-order valence-electron chi connectivity index (χ0n) is 25.9. The number of carbonyl (C=O) groups is 2. The summed E-state index contributed by atoms with van der Waals surface area (Å²) >= 11 is 0. The Hall–Kier alpha value is -2.67. The molecule has 4 unspecified atom stereocenters. The molecular formula is C31H47N3O8. The molecule has 0 spiro atoms. The summed E-state index contributed by atoms with van der Waals surface area (Å²) in [5.74, 6) is -0.322. The summed E-state index contributed by atoms with van der Waals surface area (Å²) in [6, 6.07) is -0.0795. The second kappa shape index (κ2) is 12.5. The number of alkyl carbamates (subject to hydrolysis) is 1. The third-order valence-electron chi connectivity index (χ3n) is 9.38. The van der Waals surface area contributed by atoms with E-state index in [4.69, 9.17) is 28.9 Å². The number of isocyanates is 1. The lowest BCUT2D eigenvalue weighted by Gasteiger charge is -2.45. The van der Waals surface area contributed by atoms with Gasteiger partial charge in [-0.3, -0.25) is 4.79 Å². The van der Waals surface area contributed by atoms with Crippen molar-refractivity contribution in [1.29, 1.82) is 5.26 Å². The third kappa shape index (κ3) is 8.24. The van der Waals surface area contributed by atoms with Gasteiger partial charge in [0.15, 0.2) is 12.2 Å². The molecule has 2 aliphatic heterocycles. The summed E-state index contributed by atoms with van der Waals surface area (Å²) in [6.45, 7) is 13.6. The zero-order valence-corrected chi connectivity index (χ0v) is 25.9. The predicted octanol–water partition coefficient (Wildman–Crippen LogP) is 4.57. The average Bonchev–Trinajstić information content (AvgIpc) is 3.43. The molecule has 2 aliphatic carbocycles. The Morgan fingerprint density at radius 1 is 0.905 bits per heavy atom. The number of hydrogen-bond donors (Lipinski definition) is 1. The molecule has 0 aromatic rings. The smallest absolute Gasteiger partial charge is 0.407 e. The van der Waals surface area contributed by atoms with E-state index in [9.17, 15) is 14.4 Å². The minimum Gasteiger partial charge on any atom is -0.457 e. The SMILES string of the molecule is CC1(C)CC(N=C=O)CC(C)(CCC(=O)O[C@H]2CO[C@H]3[C@@H]2OC[C@H]3OC(=O)NCC2(C)CC(OC#N)CC(C)(C)C2)C1. The lowest BCUT2D eigenvalue weighted by Crippen LogP contribution is -2.46. The molecule has 0 aromatic carbocycles. The number of nitrogens with zero attached hydrogens (tertiary/aromatic N) is 2. The van der Waals surface area contributed by atoms with E-state index in [-0.39, 0.29) is 59.4 Å². The molecule has 234 valence electrons. The van der Waals surface area contributed by atoms with Gasteiger partial charge in [0.2, 0.25) is 6.08 Å². The van der Waals surface area contributed by atoms with Crippen molar-refractivity contribution in [2.75, 3.05) is 19.8 Å². The first-order chi connectivity index (χ1) is 19.6. The van der Waals surface area contributed by atoms with Crippen molar-refractivity contribution in [3.63, 3.8) is 0 Å². The molecule has 0 bridgehead atoms. The van der Waals surface area contributed by atoms with Crippen molar-refractivity contribution < 1.29 is 38.1 Å². The Labute approximate surface area is 249 Å². The highest BCUT2D eigenvalue weighted by atomic mass is 16.7. The van der Waals surface area contributed by atoms with Gasteiger partial charge in [-0.1, -0.05) is 41.5 Å². The molecule has 0 aromatic heterocycles. The van der Waals surface area contributed by atoms with E-state index in [2.05, 4.69) is 51.9 Å². The first-order valence-corrected chi connectivity index (χ1v) is 15.1. The van der Waals surface area contributed by atoms with Gasteiger partial charge >= 0.3 is 12.1 Å². The van der Waals surface area contributed by atoms with Crippen molar-refractivity contribution >= 4 is 18.1 Å². The van der Waals surface area contributed by atoms with Gasteiger partial charge in [0.1, 0.15) is 18.3 Å². The molecule has 4 aliphatic rings. The van der Waals surface area contributed by atoms with E-state index in [0.717, 1.165) is 32.1 Å². The Bertz CT molecular complexity index is 1100. The molecule has 1 amide bonds. The van der Waals surface area contributed by atoms with Crippen LogP contribution < -0.4 is 5.32 Å². The Kier molecular flexibility index (Phi) is 9.61. The van der Waals surface area contributed by atoms with Crippen LogP contribution in [0.25, 0.3) is 0 Å². The first kappa shape index (κ1) is 32.2. The summed E-state index contributed by atoms with van der Waals surface area (Å²) < 4.78 is 28.4. The standard InChI is InChI=1S/C31H47N3O8/c1-28(2)9-20(34-19-35)10-30(5,15-28)8-7-24(36)41-22-13-38-26-23(14-39-25(22)26)42-27(37)33-17-31(6)12-21(40-18-32)11-29(3,4)16-31/h20-23,25-26H,7-17H2,1-6H3,(H,33,37)/t20?,21?,22-,23+,25+,26+,30?,31?/m0/s1. The molecule has 11 nitrogen and oxygen atoms in total. The van der Waals surface area contributed by atoms with Gasteiger partial charge in [0.25, 0.3) is 6.26 Å². The first-order valence-electron chi connectivity index (χ1n) is 15.1. The highest BCUT2D eigenvalue weighted by Crippen LogP contribution is 2.49. The summed E-state index contributed by atoms with van der Waals surface area (Å²) in [5.41, 5.74) is -0.376. The van der Waals surface area contributed by atoms with Crippen molar-refractivity contribution in [3.05, 3.63) is 0 Å². The van der Waals surface area contributed by atoms with Gasteiger partial charge in [0, 0.05) is 13.0 Å². The van der Waals surface area contributed by atoms with E-state index in [1.807, 2.05) is 6.26 Å². The summed E-state index contributed by atoms with van der Waals surface area (Å²) in [6.07, 6.45) is 6.32. The maximum atomic E-state index is 12.8. The molecule has 0 radical (unpaired) electrons. The number of esters is 1. The average molecular weight is 590 g/mol. The Balaban J connectivity index is 1.23. The zero-order chi connectivity index (χ0) is 30.8. The van der Waals surface area contributed by atoms with Gasteiger partial charge in [-0.2, -0.15) is 5.26 Å². The van der Waals surface area contributed by atoms with E-state index < -0.39 is 30.5 Å². The topological polar surface area (TPSA) is 146 Å². The van der Waals surface area contributed by atoms with Crippen LogP contribution in [0.4, 0.5) is 4.79 Å². The Morgan fingerprint density at radius 2 is 1.52 bits per heavy atom. The van der Waals surface area contributed by atoms with Crippen molar-refractivity contribution in [2.45, 2.75) is 129 Å². The van der Waals surface area contributed by atoms with Crippen molar-refractivity contribution in [3.8, 4) is 6.26 Å². The second-order valence-corrected chi connectivity index (χ2v) is 15.2. The number of hydrogen-bond acceptors (Lipinski definition) is 10. The van der Waals surface area contributed by atoms with Crippen LogP contribution in [0.1, 0.15) is 92.9 Å². The van der Waals surface area contributed by atoms with Crippen LogP contribution in [-0.4, -0.2) is 74.5 Å². The van der Waals surface area contributed by atoms with Crippen molar-refractivity contribution in [1.82, 2.24) is 5.32 Å². The van der Waals surface area contributed by atoms with Gasteiger partial charge in [0.05, 0.1) is 19.3 Å². The molecule has 2 saturated heterocycles. The molecule has 42 heavy (non-hydrogen) atoms. The maximum Gasteiger partial charge on any atom is 0.407 e. The Morgan fingerprint density at radius 3 is 2.17 bits per heavy atom. The van der Waals surface area contributed by atoms with Gasteiger partial charge in [-0.15, -0.1) is 0 Å². The largest absolute Gasteiger partial charge is 0.457 e. The lowest BCUT2D eigenvalue weighted by molar-refractivity contribution is -0.154. The number of amides is 1. The normalized spacial score (nSPS) is 38.3. The van der Waals surface area contributed by atoms with Crippen LogP contribution in [0.15, 0.2) is 4.99 Å². The van der Waals surface area contributed by atoms with Crippen LogP contribution in [0.2, 0.25) is 0 Å². The number of nitriles is 1. The summed E-state index contributed by atoms with van der Waals surface area (Å²) in [4.78, 5) is 40.4. The minimum absolute atomic E-state index is 0.0191. The number of ether oxygens (including phenoxy) is 5. The molecule has 11 heteroatoms. The maximum absolute atomic E-state index is 12.8. The predicted molar refractivity (Wildman–Crippen MR) is 151 cm³/mol. The van der Waals surface area contributed by atoms with Crippen LogP contribution in [0.3, 0.4) is 0 Å². The van der Waals surface area contributed by atoms with E-state index in [0.29, 0.717) is 19.4 Å². The fraction of sp³-hybridized carbons (Fsp3) is 0.871. The molecular weight excluding hydrogens is 542 g/mol. The van der Waals surface area contributed by atoms with E-state index in [1.54, 1.807) is 6.08 Å². The number of rotatable bonds is 9. The van der Waals surface area contributed by atoms with E-state index >= 15 is 0 Å². The number of aliphatic imine (C=N–C) groups is 1. The summed E-state index contributed by atoms with van der Waals surface area (Å²) in [5, 5.41) is 11.9. The van der Waals surface area contributed by atoms with Gasteiger partial charge in [-0.25, -0.2) is 14.6 Å². The van der Waals surface area contributed by atoms with Gasteiger partial charge in [-0.05, 0) is 66.6 Å². The van der Waals surface area contributed by atoms with Crippen LogP contribution in [-0.2, 0) is 33.3 Å². The van der Waals surface area contributed by atoms with Gasteiger partial charge < -0.3 is 29.0 Å². The fourth-order valence-electron chi connectivity index (χ4n) is 8.49. The van der Waals surface area contributed by atoms with Crippen molar-refractivity contribution in [2.24, 2.45) is 26.7 Å². The number of nitrogens with one attached hydrogen (secondary N) is 1. The molecule has 8 atom stereocenters. The molecule has 4 fully saturated rings. The third-order valence-corrected chi connectivity index (χ3v) is 9.38. The van der Waals surface area contributed by atoms with Crippen LogP contribution in [0.5, 0.6) is 0 Å². The number of carbonyl (C=O) groups excluding carboxylic acids is 3. The monoisotopic (exact) mass is 589 g/mol. The molecule has 1 N–H and O–H groups in total. The lowest BCUT2D eigenvalue weighted by atomic mass is 9.61. The fourth-order valence-corrected chi connectivity index (χ4v) is 8.49. The minimum atomic E-state index is -0.609. The quantitative estimate of drug-likeness (QED) is 0.177. The van der Waals surface area contributed by atoms with E-state index in [1.165, 1.54) is 0 Å². The molecule has 2 heterocycles. The molecule has 4 rings (SSSR count). The highest BCUT2D eigenvalue weighted by molar-refractivity contribution is 5.70. The summed E-state index contributed by atoms with van der Waals surface area (Å²) in [7, 11) is 0.